The SMILES string of the molecule is C[C@H](NC(=O)c1ccc2nc(-c3ccc(Cl)cc3)c(CCNCC(=O)O)nc2c1)c1cc(F)cc(F)c1. The van der Waals surface area contributed by atoms with Gasteiger partial charge in [-0.25, -0.2) is 18.7 Å². The average molecular weight is 525 g/mol. The molecule has 0 fully saturated rings. The maximum absolute atomic E-state index is 13.6. The van der Waals surface area contributed by atoms with E-state index >= 15 is 0 Å². The third-order valence-electron chi connectivity index (χ3n) is 5.66. The van der Waals surface area contributed by atoms with E-state index in [1.165, 1.54) is 12.1 Å². The highest BCUT2D eigenvalue weighted by Gasteiger charge is 2.16. The molecule has 0 radical (unpaired) electrons. The Morgan fingerprint density at radius 2 is 1.68 bits per heavy atom. The molecule has 1 amide bonds. The van der Waals surface area contributed by atoms with Crippen LogP contribution in [-0.2, 0) is 11.2 Å². The first-order chi connectivity index (χ1) is 17.7. The monoisotopic (exact) mass is 524 g/mol. The van der Waals surface area contributed by atoms with Gasteiger partial charge in [0, 0.05) is 35.2 Å². The van der Waals surface area contributed by atoms with Crippen molar-refractivity contribution in [3.05, 3.63) is 94.1 Å². The van der Waals surface area contributed by atoms with Gasteiger partial charge < -0.3 is 15.7 Å². The highest BCUT2D eigenvalue weighted by atomic mass is 35.5. The van der Waals surface area contributed by atoms with Gasteiger partial charge in [0.1, 0.15) is 11.6 Å². The number of aliphatic carboxylic acids is 1. The van der Waals surface area contributed by atoms with Crippen LogP contribution in [-0.4, -0.2) is 40.0 Å². The molecule has 0 aliphatic heterocycles. The first-order valence-electron chi connectivity index (χ1n) is 11.5. The number of carbonyl (C=O) groups is 2. The summed E-state index contributed by atoms with van der Waals surface area (Å²) in [5.41, 5.74) is 3.68. The van der Waals surface area contributed by atoms with Crippen molar-refractivity contribution in [2.24, 2.45) is 0 Å². The molecular formula is C27H23ClF2N4O3. The summed E-state index contributed by atoms with van der Waals surface area (Å²) in [7, 11) is 0. The van der Waals surface area contributed by atoms with E-state index in [1.54, 1.807) is 37.3 Å². The quantitative estimate of drug-likeness (QED) is 0.268. The van der Waals surface area contributed by atoms with E-state index in [-0.39, 0.29) is 6.54 Å². The molecule has 4 aromatic rings. The Bertz CT molecular complexity index is 1440. The van der Waals surface area contributed by atoms with Gasteiger partial charge in [-0.3, -0.25) is 9.59 Å². The molecule has 3 aromatic carbocycles. The van der Waals surface area contributed by atoms with Crippen LogP contribution in [0.2, 0.25) is 5.02 Å². The van der Waals surface area contributed by atoms with Gasteiger partial charge in [-0.05, 0) is 55.0 Å². The fraction of sp³-hybridized carbons (Fsp3) is 0.185. The number of fused-ring (bicyclic) bond motifs is 1. The molecular weight excluding hydrogens is 502 g/mol. The van der Waals surface area contributed by atoms with E-state index in [4.69, 9.17) is 26.7 Å². The molecule has 10 heteroatoms. The third-order valence-corrected chi connectivity index (χ3v) is 5.92. The van der Waals surface area contributed by atoms with Crippen molar-refractivity contribution >= 4 is 34.5 Å². The summed E-state index contributed by atoms with van der Waals surface area (Å²) in [6, 6.07) is 14.5. The Morgan fingerprint density at radius 1 is 0.973 bits per heavy atom. The Hall–Kier alpha value is -3.95. The molecule has 0 saturated heterocycles. The van der Waals surface area contributed by atoms with Gasteiger partial charge in [0.25, 0.3) is 5.91 Å². The molecule has 1 atom stereocenters. The Balaban J connectivity index is 1.63. The number of halogens is 3. The summed E-state index contributed by atoms with van der Waals surface area (Å²) in [6.45, 7) is 1.80. The number of rotatable bonds is 9. The maximum atomic E-state index is 13.6. The van der Waals surface area contributed by atoms with Gasteiger partial charge in [0.2, 0.25) is 0 Å². The van der Waals surface area contributed by atoms with Crippen molar-refractivity contribution in [3.8, 4) is 11.3 Å². The van der Waals surface area contributed by atoms with E-state index in [2.05, 4.69) is 10.6 Å². The second kappa shape index (κ2) is 11.4. The van der Waals surface area contributed by atoms with E-state index in [9.17, 15) is 18.4 Å². The number of carboxylic acid groups (broad SMARTS) is 1. The van der Waals surface area contributed by atoms with Gasteiger partial charge in [0.05, 0.1) is 35.0 Å². The van der Waals surface area contributed by atoms with Crippen LogP contribution in [0.3, 0.4) is 0 Å². The van der Waals surface area contributed by atoms with Crippen molar-refractivity contribution in [2.45, 2.75) is 19.4 Å². The van der Waals surface area contributed by atoms with Crippen molar-refractivity contribution in [2.75, 3.05) is 13.1 Å². The zero-order valence-corrected chi connectivity index (χ0v) is 20.5. The summed E-state index contributed by atoms with van der Waals surface area (Å²) in [4.78, 5) is 33.2. The minimum absolute atomic E-state index is 0.186. The van der Waals surface area contributed by atoms with E-state index in [1.807, 2.05) is 12.1 Å². The second-order valence-electron chi connectivity index (χ2n) is 8.45. The van der Waals surface area contributed by atoms with Crippen molar-refractivity contribution in [1.29, 1.82) is 0 Å². The summed E-state index contributed by atoms with van der Waals surface area (Å²) in [5.74, 6) is -2.85. The zero-order valence-electron chi connectivity index (χ0n) is 19.8. The van der Waals surface area contributed by atoms with Gasteiger partial charge in [-0.15, -0.1) is 0 Å². The van der Waals surface area contributed by atoms with Crippen LogP contribution in [0.4, 0.5) is 8.78 Å². The summed E-state index contributed by atoms with van der Waals surface area (Å²) >= 11 is 6.03. The number of aromatic nitrogens is 2. The average Bonchev–Trinajstić information content (AvgIpc) is 2.85. The number of nitrogens with one attached hydrogen (secondary N) is 2. The van der Waals surface area contributed by atoms with E-state index in [0.29, 0.717) is 51.5 Å². The van der Waals surface area contributed by atoms with Crippen LogP contribution >= 0.6 is 11.6 Å². The molecule has 0 aliphatic rings. The van der Waals surface area contributed by atoms with Crippen molar-refractivity contribution in [1.82, 2.24) is 20.6 Å². The van der Waals surface area contributed by atoms with Crippen molar-refractivity contribution in [3.63, 3.8) is 0 Å². The molecule has 0 unspecified atom stereocenters. The number of hydrogen-bond donors (Lipinski definition) is 3. The highest BCUT2D eigenvalue weighted by Crippen LogP contribution is 2.26. The molecule has 0 saturated carbocycles. The molecule has 3 N–H and O–H groups in total. The largest absolute Gasteiger partial charge is 0.480 e. The first kappa shape index (κ1) is 26.1. The number of nitrogens with zero attached hydrogens (tertiary/aromatic N) is 2. The third kappa shape index (κ3) is 6.63. The van der Waals surface area contributed by atoms with Crippen LogP contribution in [0, 0.1) is 11.6 Å². The van der Waals surface area contributed by atoms with Gasteiger partial charge in [-0.2, -0.15) is 0 Å². The normalized spacial score (nSPS) is 11.9. The predicted molar refractivity (Wildman–Crippen MR) is 136 cm³/mol. The summed E-state index contributed by atoms with van der Waals surface area (Å²) in [5, 5.41) is 15.0. The zero-order chi connectivity index (χ0) is 26.5. The maximum Gasteiger partial charge on any atom is 0.317 e. The fourth-order valence-electron chi connectivity index (χ4n) is 3.84. The number of amides is 1. The molecule has 37 heavy (non-hydrogen) atoms. The molecule has 0 bridgehead atoms. The topological polar surface area (TPSA) is 104 Å². The van der Waals surface area contributed by atoms with Crippen LogP contribution < -0.4 is 10.6 Å². The van der Waals surface area contributed by atoms with Crippen LogP contribution in [0.25, 0.3) is 22.3 Å². The lowest BCUT2D eigenvalue weighted by Crippen LogP contribution is -2.27. The predicted octanol–water partition coefficient (Wildman–Crippen LogP) is 4.94. The molecule has 1 aromatic heterocycles. The van der Waals surface area contributed by atoms with E-state index in [0.717, 1.165) is 11.6 Å². The number of hydrogen-bond acceptors (Lipinski definition) is 5. The fourth-order valence-corrected chi connectivity index (χ4v) is 3.96. The number of carbonyl (C=O) groups excluding carboxylic acids is 1. The minimum atomic E-state index is -0.964. The van der Waals surface area contributed by atoms with Crippen LogP contribution in [0.5, 0.6) is 0 Å². The lowest BCUT2D eigenvalue weighted by molar-refractivity contribution is -0.135. The highest BCUT2D eigenvalue weighted by molar-refractivity contribution is 6.30. The number of benzene rings is 3. The molecule has 0 spiro atoms. The molecule has 7 nitrogen and oxygen atoms in total. The second-order valence-corrected chi connectivity index (χ2v) is 8.88. The van der Waals surface area contributed by atoms with Crippen LogP contribution in [0.15, 0.2) is 60.7 Å². The summed E-state index contributed by atoms with van der Waals surface area (Å²) < 4.78 is 27.2. The molecule has 0 aliphatic carbocycles. The molecule has 4 rings (SSSR count). The lowest BCUT2D eigenvalue weighted by Gasteiger charge is -2.15. The number of carboxylic acids is 1. The minimum Gasteiger partial charge on any atom is -0.480 e. The molecule has 1 heterocycles. The van der Waals surface area contributed by atoms with Crippen molar-refractivity contribution < 1.29 is 23.5 Å². The first-order valence-corrected chi connectivity index (χ1v) is 11.8. The summed E-state index contributed by atoms with van der Waals surface area (Å²) in [6.07, 6.45) is 0.396. The van der Waals surface area contributed by atoms with E-state index < -0.39 is 29.6 Å². The smallest absolute Gasteiger partial charge is 0.317 e. The lowest BCUT2D eigenvalue weighted by atomic mass is 10.1. The molecule has 190 valence electrons. The van der Waals surface area contributed by atoms with Crippen LogP contribution in [0.1, 0.15) is 34.6 Å². The Labute approximate surface area is 216 Å². The van der Waals surface area contributed by atoms with Gasteiger partial charge in [0.15, 0.2) is 0 Å². The standard InChI is InChI=1S/C27H23ClF2N4O3/c1-15(18-10-20(29)13-21(30)11-18)32-27(37)17-4-7-22-24(12-17)33-23(8-9-31-14-25(35)36)26(34-22)16-2-5-19(28)6-3-16/h2-7,10-13,15,31H,8-9,14H2,1H3,(H,32,37)(H,35,36)/t15-/m0/s1. The van der Waals surface area contributed by atoms with Gasteiger partial charge >= 0.3 is 5.97 Å². The Kier molecular flexibility index (Phi) is 8.05. The van der Waals surface area contributed by atoms with Gasteiger partial charge in [-0.1, -0.05) is 23.7 Å². The Morgan fingerprint density at radius 3 is 2.35 bits per heavy atom.